The van der Waals surface area contributed by atoms with Crippen LogP contribution in [-0.2, 0) is 9.53 Å². The molecular weight excluding hydrogens is 498 g/mol. The van der Waals surface area contributed by atoms with Crippen molar-refractivity contribution in [2.75, 3.05) is 6.61 Å². The fourth-order valence-corrected chi connectivity index (χ4v) is 4.51. The van der Waals surface area contributed by atoms with Gasteiger partial charge in [-0.3, -0.25) is 4.79 Å². The molecule has 0 amide bonds. The van der Waals surface area contributed by atoms with Gasteiger partial charge in [0.25, 0.3) is 5.56 Å². The van der Waals surface area contributed by atoms with Crippen LogP contribution in [0.15, 0.2) is 56.8 Å². The molecule has 1 heterocycles. The highest BCUT2D eigenvalue weighted by Crippen LogP contribution is 2.32. The number of hydrogen-bond donors (Lipinski definition) is 0. The van der Waals surface area contributed by atoms with Crippen molar-refractivity contribution < 1.29 is 14.3 Å². The van der Waals surface area contributed by atoms with E-state index in [0.29, 0.717) is 22.5 Å². The van der Waals surface area contributed by atoms with Crippen LogP contribution in [0.3, 0.4) is 0 Å². The van der Waals surface area contributed by atoms with E-state index in [0.717, 1.165) is 35.7 Å². The molecule has 1 aromatic heterocycles. The van der Waals surface area contributed by atoms with Crippen molar-refractivity contribution in [3.05, 3.63) is 68.7 Å². The zero-order valence-corrected chi connectivity index (χ0v) is 21.0. The van der Waals surface area contributed by atoms with Crippen molar-refractivity contribution in [1.29, 1.82) is 0 Å². The Morgan fingerprint density at radius 3 is 2.76 bits per heavy atom. The topological polar surface area (TPSA) is 82.8 Å². The van der Waals surface area contributed by atoms with E-state index in [1.807, 2.05) is 24.3 Å². The van der Waals surface area contributed by atoms with Gasteiger partial charge in [0.05, 0.1) is 23.2 Å². The van der Waals surface area contributed by atoms with Crippen LogP contribution in [0.2, 0.25) is 0 Å². The first-order valence-corrected chi connectivity index (χ1v) is 12.4. The van der Waals surface area contributed by atoms with Gasteiger partial charge in [0.15, 0.2) is 6.61 Å². The van der Waals surface area contributed by atoms with Crippen LogP contribution in [0.1, 0.15) is 63.3 Å². The Morgan fingerprint density at radius 2 is 2.00 bits per heavy atom. The lowest BCUT2D eigenvalue weighted by atomic mass is 9.88. The first kappa shape index (κ1) is 24.1. The minimum absolute atomic E-state index is 0.173. The molecule has 0 atom stereocenters. The number of halogens is 1. The second-order valence-corrected chi connectivity index (χ2v) is 9.64. The summed E-state index contributed by atoms with van der Waals surface area (Å²) in [5, 5.41) is 5.08. The average molecular weight is 526 g/mol. The molecule has 0 unspecified atom stereocenters. The summed E-state index contributed by atoms with van der Waals surface area (Å²) in [6, 6.07) is 12.7. The number of ether oxygens (including phenoxy) is 2. The maximum Gasteiger partial charge on any atom is 0.344 e. The summed E-state index contributed by atoms with van der Waals surface area (Å²) in [4.78, 5) is 30.0. The molecule has 4 rings (SSSR count). The molecule has 1 aliphatic carbocycles. The van der Waals surface area contributed by atoms with E-state index < -0.39 is 5.97 Å². The highest BCUT2D eigenvalue weighted by atomic mass is 79.9. The lowest BCUT2D eigenvalue weighted by Crippen LogP contribution is -2.25. The normalized spacial score (nSPS) is 14.7. The number of benzene rings is 2. The standard InChI is InChI=1S/C26H28BrN3O4/c1-17(2)34-24(31)16-33-21-10-6-7-18(13-21)15-28-30-25(19-8-4-3-5-9-19)29-23-12-11-20(27)14-22(23)26(30)32/h6-7,10-15,17,19H,3-5,8-9,16H2,1-2H3. The summed E-state index contributed by atoms with van der Waals surface area (Å²) in [5.74, 6) is 1.00. The maximum atomic E-state index is 13.4. The van der Waals surface area contributed by atoms with Gasteiger partial charge in [-0.1, -0.05) is 47.3 Å². The number of carbonyl (C=O) groups excluding carboxylic acids is 1. The predicted molar refractivity (Wildman–Crippen MR) is 136 cm³/mol. The Kier molecular flexibility index (Phi) is 7.77. The summed E-state index contributed by atoms with van der Waals surface area (Å²) in [7, 11) is 0. The highest BCUT2D eigenvalue weighted by Gasteiger charge is 2.22. The van der Waals surface area contributed by atoms with Gasteiger partial charge in [-0.05, 0) is 62.6 Å². The molecule has 178 valence electrons. The molecule has 2 aromatic carbocycles. The third-order valence-electron chi connectivity index (χ3n) is 5.71. The number of hydrogen-bond acceptors (Lipinski definition) is 6. The zero-order valence-electron chi connectivity index (χ0n) is 19.4. The van der Waals surface area contributed by atoms with Gasteiger partial charge >= 0.3 is 5.97 Å². The van der Waals surface area contributed by atoms with Gasteiger partial charge in [-0.15, -0.1) is 0 Å². The van der Waals surface area contributed by atoms with Crippen molar-refractivity contribution in [2.24, 2.45) is 5.10 Å². The Morgan fingerprint density at radius 1 is 1.21 bits per heavy atom. The van der Waals surface area contributed by atoms with Gasteiger partial charge < -0.3 is 9.47 Å². The van der Waals surface area contributed by atoms with E-state index >= 15 is 0 Å². The van der Waals surface area contributed by atoms with Crippen LogP contribution < -0.4 is 10.3 Å². The molecule has 0 aliphatic heterocycles. The third kappa shape index (κ3) is 5.91. The van der Waals surface area contributed by atoms with Crippen LogP contribution in [0.4, 0.5) is 0 Å². The third-order valence-corrected chi connectivity index (χ3v) is 6.20. The predicted octanol–water partition coefficient (Wildman–Crippen LogP) is 5.42. The molecule has 0 bridgehead atoms. The maximum absolute atomic E-state index is 13.4. The molecule has 3 aromatic rings. The number of fused-ring (bicyclic) bond motifs is 1. The number of rotatable bonds is 7. The second kappa shape index (κ2) is 11.0. The van der Waals surface area contributed by atoms with Crippen molar-refractivity contribution in [1.82, 2.24) is 9.66 Å². The van der Waals surface area contributed by atoms with E-state index in [9.17, 15) is 9.59 Å². The number of esters is 1. The molecule has 1 saturated carbocycles. The van der Waals surface area contributed by atoms with E-state index in [1.54, 1.807) is 38.3 Å². The molecule has 1 fully saturated rings. The van der Waals surface area contributed by atoms with Gasteiger partial charge in [-0.25, -0.2) is 9.78 Å². The Bertz CT molecular complexity index is 1260. The van der Waals surface area contributed by atoms with Crippen LogP contribution in [0, 0.1) is 0 Å². The molecule has 0 spiro atoms. The number of nitrogens with zero attached hydrogens (tertiary/aromatic N) is 3. The fraction of sp³-hybridized carbons (Fsp3) is 0.385. The Labute approximate surface area is 206 Å². The molecule has 34 heavy (non-hydrogen) atoms. The van der Waals surface area contributed by atoms with E-state index in [-0.39, 0.29) is 24.2 Å². The number of carbonyl (C=O) groups is 1. The van der Waals surface area contributed by atoms with Crippen molar-refractivity contribution in [3.8, 4) is 5.75 Å². The SMILES string of the molecule is CC(C)OC(=O)COc1cccc(C=Nn2c(C3CCCCC3)nc3ccc(Br)cc3c2=O)c1. The summed E-state index contributed by atoms with van der Waals surface area (Å²) in [5.41, 5.74) is 1.24. The Balaban J connectivity index is 1.64. The summed E-state index contributed by atoms with van der Waals surface area (Å²) in [6.07, 6.45) is 6.89. The van der Waals surface area contributed by atoms with Crippen molar-refractivity contribution >= 4 is 39.0 Å². The second-order valence-electron chi connectivity index (χ2n) is 8.73. The lowest BCUT2D eigenvalue weighted by Gasteiger charge is -2.22. The van der Waals surface area contributed by atoms with Crippen LogP contribution in [-0.4, -0.2) is 34.6 Å². The quantitative estimate of drug-likeness (QED) is 0.303. The number of aromatic nitrogens is 2. The summed E-state index contributed by atoms with van der Waals surface area (Å²) >= 11 is 3.45. The molecule has 0 N–H and O–H groups in total. The molecule has 8 heteroatoms. The van der Waals surface area contributed by atoms with Gasteiger partial charge in [0.1, 0.15) is 11.6 Å². The van der Waals surface area contributed by atoms with E-state index in [2.05, 4.69) is 21.0 Å². The minimum Gasteiger partial charge on any atom is -0.482 e. The Hall–Kier alpha value is -3.00. The molecule has 0 saturated heterocycles. The highest BCUT2D eigenvalue weighted by molar-refractivity contribution is 9.10. The summed E-state index contributed by atoms with van der Waals surface area (Å²) < 4.78 is 12.9. The molecule has 0 radical (unpaired) electrons. The van der Waals surface area contributed by atoms with Gasteiger partial charge in [0.2, 0.25) is 0 Å². The van der Waals surface area contributed by atoms with E-state index in [1.165, 1.54) is 11.1 Å². The molecule has 1 aliphatic rings. The smallest absolute Gasteiger partial charge is 0.344 e. The first-order chi connectivity index (χ1) is 16.4. The monoisotopic (exact) mass is 525 g/mol. The largest absolute Gasteiger partial charge is 0.482 e. The lowest BCUT2D eigenvalue weighted by molar-refractivity contribution is -0.149. The van der Waals surface area contributed by atoms with Gasteiger partial charge in [-0.2, -0.15) is 9.78 Å². The van der Waals surface area contributed by atoms with Crippen LogP contribution in [0.5, 0.6) is 5.75 Å². The zero-order chi connectivity index (χ0) is 24.1. The van der Waals surface area contributed by atoms with Gasteiger partial charge in [0, 0.05) is 10.4 Å². The molecule has 7 nitrogen and oxygen atoms in total. The van der Waals surface area contributed by atoms with Crippen LogP contribution in [0.25, 0.3) is 10.9 Å². The van der Waals surface area contributed by atoms with E-state index in [4.69, 9.17) is 14.5 Å². The van der Waals surface area contributed by atoms with Crippen LogP contribution >= 0.6 is 15.9 Å². The van der Waals surface area contributed by atoms with Crippen molar-refractivity contribution in [3.63, 3.8) is 0 Å². The minimum atomic E-state index is -0.425. The first-order valence-electron chi connectivity index (χ1n) is 11.6. The average Bonchev–Trinajstić information content (AvgIpc) is 2.83. The fourth-order valence-electron chi connectivity index (χ4n) is 4.15. The van der Waals surface area contributed by atoms with Crippen molar-refractivity contribution in [2.45, 2.75) is 58.0 Å². The molecular formula is C26H28BrN3O4. The summed E-state index contributed by atoms with van der Waals surface area (Å²) in [6.45, 7) is 3.41.